The standard InChI is InChI=1S/C8H12O2/c1-3-6-5-7(9)8(4-2)10-6/h5,8H,3-4H2,1-2H3. The minimum atomic E-state index is -0.185. The van der Waals surface area contributed by atoms with E-state index in [0.717, 1.165) is 18.6 Å². The highest BCUT2D eigenvalue weighted by molar-refractivity contribution is 5.95. The molecule has 0 saturated carbocycles. The van der Waals surface area contributed by atoms with E-state index < -0.39 is 0 Å². The topological polar surface area (TPSA) is 26.3 Å². The lowest BCUT2D eigenvalue weighted by Gasteiger charge is -2.07. The third-order valence-electron chi connectivity index (χ3n) is 1.63. The first-order valence-electron chi connectivity index (χ1n) is 3.69. The monoisotopic (exact) mass is 140 g/mol. The second kappa shape index (κ2) is 2.86. The summed E-state index contributed by atoms with van der Waals surface area (Å²) in [4.78, 5) is 11.0. The van der Waals surface area contributed by atoms with Crippen LogP contribution in [0.4, 0.5) is 0 Å². The van der Waals surface area contributed by atoms with Crippen molar-refractivity contribution in [1.82, 2.24) is 0 Å². The summed E-state index contributed by atoms with van der Waals surface area (Å²) in [5, 5.41) is 0. The summed E-state index contributed by atoms with van der Waals surface area (Å²) in [6.45, 7) is 3.94. The zero-order chi connectivity index (χ0) is 7.56. The molecule has 0 aliphatic carbocycles. The summed E-state index contributed by atoms with van der Waals surface area (Å²) in [6.07, 6.45) is 3.02. The molecule has 0 spiro atoms. The van der Waals surface area contributed by atoms with Gasteiger partial charge in [0, 0.05) is 12.5 Å². The fourth-order valence-electron chi connectivity index (χ4n) is 0.996. The van der Waals surface area contributed by atoms with Crippen LogP contribution >= 0.6 is 0 Å². The van der Waals surface area contributed by atoms with Crippen LogP contribution in [0.15, 0.2) is 11.8 Å². The van der Waals surface area contributed by atoms with Crippen LogP contribution in [0.25, 0.3) is 0 Å². The number of hydrogen-bond acceptors (Lipinski definition) is 2. The average molecular weight is 140 g/mol. The van der Waals surface area contributed by atoms with Crippen LogP contribution in [0.1, 0.15) is 26.7 Å². The van der Waals surface area contributed by atoms with Gasteiger partial charge < -0.3 is 4.74 Å². The van der Waals surface area contributed by atoms with Crippen molar-refractivity contribution in [3.05, 3.63) is 11.8 Å². The zero-order valence-corrected chi connectivity index (χ0v) is 6.39. The molecule has 1 aliphatic heterocycles. The lowest BCUT2D eigenvalue weighted by molar-refractivity contribution is -0.120. The summed E-state index contributed by atoms with van der Waals surface area (Å²) in [6, 6.07) is 0. The van der Waals surface area contributed by atoms with Gasteiger partial charge in [0.15, 0.2) is 11.9 Å². The van der Waals surface area contributed by atoms with Crippen molar-refractivity contribution in [1.29, 1.82) is 0 Å². The zero-order valence-electron chi connectivity index (χ0n) is 6.39. The first-order valence-corrected chi connectivity index (χ1v) is 3.69. The molecule has 0 N–H and O–H groups in total. The number of carbonyl (C=O) groups excluding carboxylic acids is 1. The molecule has 10 heavy (non-hydrogen) atoms. The Labute approximate surface area is 60.9 Å². The maximum Gasteiger partial charge on any atom is 0.199 e. The minimum absolute atomic E-state index is 0.124. The van der Waals surface area contributed by atoms with Gasteiger partial charge in [-0.25, -0.2) is 0 Å². The normalized spacial score (nSPS) is 24.4. The molecule has 1 atom stereocenters. The van der Waals surface area contributed by atoms with Crippen LogP contribution < -0.4 is 0 Å². The SMILES string of the molecule is CCC1=CC(=O)C(CC)O1. The molecule has 1 heterocycles. The highest BCUT2D eigenvalue weighted by atomic mass is 16.5. The van der Waals surface area contributed by atoms with E-state index in [4.69, 9.17) is 4.74 Å². The Kier molecular flexibility index (Phi) is 2.10. The van der Waals surface area contributed by atoms with Crippen molar-refractivity contribution in [3.8, 4) is 0 Å². The van der Waals surface area contributed by atoms with Gasteiger partial charge in [0.05, 0.1) is 0 Å². The molecule has 2 nitrogen and oxygen atoms in total. The maximum atomic E-state index is 11.0. The summed E-state index contributed by atoms with van der Waals surface area (Å²) in [5.74, 6) is 0.955. The lowest BCUT2D eigenvalue weighted by atomic mass is 10.2. The molecule has 1 unspecified atom stereocenters. The molecule has 0 fully saturated rings. The number of ether oxygens (including phenoxy) is 1. The van der Waals surface area contributed by atoms with Crippen LogP contribution in [-0.4, -0.2) is 11.9 Å². The molecule has 0 aromatic heterocycles. The van der Waals surface area contributed by atoms with Gasteiger partial charge in [0.2, 0.25) is 0 Å². The van der Waals surface area contributed by atoms with Crippen LogP contribution in [0.3, 0.4) is 0 Å². The number of rotatable bonds is 2. The molecule has 1 aliphatic rings. The van der Waals surface area contributed by atoms with Crippen LogP contribution in [0.5, 0.6) is 0 Å². The van der Waals surface area contributed by atoms with Crippen LogP contribution in [0, 0.1) is 0 Å². The summed E-state index contributed by atoms with van der Waals surface area (Å²) in [7, 11) is 0. The van der Waals surface area contributed by atoms with Crippen molar-refractivity contribution in [2.24, 2.45) is 0 Å². The van der Waals surface area contributed by atoms with Gasteiger partial charge in [-0.2, -0.15) is 0 Å². The predicted molar refractivity (Wildman–Crippen MR) is 38.5 cm³/mol. The molecule has 2 heteroatoms. The molecule has 1 rings (SSSR count). The largest absolute Gasteiger partial charge is 0.487 e. The second-order valence-corrected chi connectivity index (χ2v) is 2.38. The van der Waals surface area contributed by atoms with E-state index in [0.29, 0.717) is 0 Å². The Hall–Kier alpha value is -0.790. The Bertz CT molecular complexity index is 170. The van der Waals surface area contributed by atoms with E-state index in [2.05, 4.69) is 0 Å². The number of ketones is 1. The van der Waals surface area contributed by atoms with Crippen LogP contribution in [0.2, 0.25) is 0 Å². The van der Waals surface area contributed by atoms with Crippen molar-refractivity contribution < 1.29 is 9.53 Å². The molecule has 0 aromatic rings. The number of hydrogen-bond donors (Lipinski definition) is 0. The predicted octanol–water partition coefficient (Wildman–Crippen LogP) is 1.66. The molecule has 0 amide bonds. The van der Waals surface area contributed by atoms with Crippen molar-refractivity contribution >= 4 is 5.78 Å². The molecular weight excluding hydrogens is 128 g/mol. The van der Waals surface area contributed by atoms with Crippen molar-refractivity contribution in [2.75, 3.05) is 0 Å². The van der Waals surface area contributed by atoms with Crippen molar-refractivity contribution in [3.63, 3.8) is 0 Å². The average Bonchev–Trinajstić information content (AvgIpc) is 2.30. The van der Waals surface area contributed by atoms with Crippen molar-refractivity contribution in [2.45, 2.75) is 32.8 Å². The Morgan fingerprint density at radius 3 is 2.60 bits per heavy atom. The van der Waals surface area contributed by atoms with Crippen LogP contribution in [-0.2, 0) is 9.53 Å². The maximum absolute atomic E-state index is 11.0. The fourth-order valence-corrected chi connectivity index (χ4v) is 0.996. The molecule has 0 aromatic carbocycles. The quantitative estimate of drug-likeness (QED) is 0.583. The van der Waals surface area contributed by atoms with E-state index in [1.54, 1.807) is 6.08 Å². The van der Waals surface area contributed by atoms with Gasteiger partial charge in [-0.3, -0.25) is 4.79 Å². The number of carbonyl (C=O) groups is 1. The minimum Gasteiger partial charge on any atom is -0.487 e. The van der Waals surface area contributed by atoms with E-state index in [1.807, 2.05) is 13.8 Å². The summed E-state index contributed by atoms with van der Waals surface area (Å²) in [5.41, 5.74) is 0. The Morgan fingerprint density at radius 1 is 1.60 bits per heavy atom. The van der Waals surface area contributed by atoms with Gasteiger partial charge in [0.25, 0.3) is 0 Å². The second-order valence-electron chi connectivity index (χ2n) is 2.38. The molecule has 0 saturated heterocycles. The molecule has 0 bridgehead atoms. The van der Waals surface area contributed by atoms with Gasteiger partial charge in [0.1, 0.15) is 5.76 Å². The van der Waals surface area contributed by atoms with Gasteiger partial charge in [-0.05, 0) is 6.42 Å². The third-order valence-corrected chi connectivity index (χ3v) is 1.63. The lowest BCUT2D eigenvalue weighted by Crippen LogP contribution is -2.14. The fraction of sp³-hybridized carbons (Fsp3) is 0.625. The highest BCUT2D eigenvalue weighted by Gasteiger charge is 2.23. The van der Waals surface area contributed by atoms with Gasteiger partial charge >= 0.3 is 0 Å². The van der Waals surface area contributed by atoms with E-state index in [1.165, 1.54) is 0 Å². The first kappa shape index (κ1) is 7.32. The Balaban J connectivity index is 2.57. The third kappa shape index (κ3) is 1.20. The van der Waals surface area contributed by atoms with Gasteiger partial charge in [-0.15, -0.1) is 0 Å². The first-order chi connectivity index (χ1) is 4.77. The van der Waals surface area contributed by atoms with E-state index >= 15 is 0 Å². The molecular formula is C8H12O2. The molecule has 56 valence electrons. The van der Waals surface area contributed by atoms with E-state index in [9.17, 15) is 4.79 Å². The number of allylic oxidation sites excluding steroid dienone is 1. The summed E-state index contributed by atoms with van der Waals surface area (Å²) < 4.78 is 5.28. The Morgan fingerprint density at radius 2 is 2.30 bits per heavy atom. The van der Waals surface area contributed by atoms with E-state index in [-0.39, 0.29) is 11.9 Å². The molecule has 0 radical (unpaired) electrons. The summed E-state index contributed by atoms with van der Waals surface area (Å²) >= 11 is 0. The van der Waals surface area contributed by atoms with Gasteiger partial charge in [-0.1, -0.05) is 13.8 Å². The smallest absolute Gasteiger partial charge is 0.199 e. The highest BCUT2D eigenvalue weighted by Crippen LogP contribution is 2.18.